The third-order valence-electron chi connectivity index (χ3n) is 3.50. The minimum atomic E-state index is -0.494. The van der Waals surface area contributed by atoms with Crippen LogP contribution in [-0.4, -0.2) is 30.3 Å². The molecule has 0 fully saturated rings. The highest BCUT2D eigenvalue weighted by Crippen LogP contribution is 2.36. The molecule has 1 aliphatic rings. The van der Waals surface area contributed by atoms with Crippen molar-refractivity contribution in [3.05, 3.63) is 53.6 Å². The molecule has 0 aliphatic carbocycles. The normalized spacial score (nSPS) is 15.9. The summed E-state index contributed by atoms with van der Waals surface area (Å²) < 4.78 is 10.6. The molecule has 1 heterocycles. The molecule has 25 heavy (non-hydrogen) atoms. The topological polar surface area (TPSA) is 64.6 Å². The monoisotopic (exact) mass is 377 g/mol. The smallest absolute Gasteiger partial charge is 0.307 e. The minimum absolute atomic E-state index is 0.0108. The van der Waals surface area contributed by atoms with Gasteiger partial charge in [0.15, 0.2) is 0 Å². The van der Waals surface area contributed by atoms with Crippen LogP contribution in [0.5, 0.6) is 5.75 Å². The van der Waals surface area contributed by atoms with E-state index in [2.05, 4.69) is 5.32 Å². The lowest BCUT2D eigenvalue weighted by Crippen LogP contribution is -2.31. The molecule has 0 aromatic heterocycles. The summed E-state index contributed by atoms with van der Waals surface area (Å²) in [4.78, 5) is 25.0. The zero-order valence-corrected chi connectivity index (χ0v) is 14.8. The van der Waals surface area contributed by atoms with Crippen LogP contribution in [-0.2, 0) is 14.3 Å². The molecule has 1 aliphatic heterocycles. The third kappa shape index (κ3) is 4.67. The molecule has 0 bridgehead atoms. The van der Waals surface area contributed by atoms with Crippen LogP contribution in [0.25, 0.3) is 0 Å². The maximum atomic E-state index is 12.1. The maximum Gasteiger partial charge on any atom is 0.307 e. The van der Waals surface area contributed by atoms with Crippen molar-refractivity contribution in [2.75, 3.05) is 18.5 Å². The number of thioether (sulfide) groups is 1. The molecular weight excluding hydrogens is 362 g/mol. The highest BCUT2D eigenvalue weighted by Gasteiger charge is 2.29. The zero-order valence-electron chi connectivity index (χ0n) is 13.2. The molecular formula is C18H16ClNO4S. The molecule has 0 radical (unpaired) electrons. The van der Waals surface area contributed by atoms with E-state index >= 15 is 0 Å². The zero-order chi connectivity index (χ0) is 17.6. The number of carbonyl (C=O) groups excluding carboxylic acids is 2. The van der Waals surface area contributed by atoms with Crippen molar-refractivity contribution in [3.63, 3.8) is 0 Å². The first kappa shape index (κ1) is 17.6. The Balaban J connectivity index is 1.44. The Bertz CT molecular complexity index is 783. The van der Waals surface area contributed by atoms with Crippen molar-refractivity contribution in [1.29, 1.82) is 0 Å². The summed E-state index contributed by atoms with van der Waals surface area (Å²) in [6, 6.07) is 14.6. The number of halogens is 1. The lowest BCUT2D eigenvalue weighted by atomic mass is 10.2. The van der Waals surface area contributed by atoms with E-state index in [1.165, 1.54) is 11.8 Å². The largest absolute Gasteiger partial charge is 0.488 e. The Hall–Kier alpha value is -2.18. The second kappa shape index (κ2) is 8.27. The van der Waals surface area contributed by atoms with Crippen molar-refractivity contribution < 1.29 is 19.1 Å². The average Bonchev–Trinajstić information content (AvgIpc) is 2.61. The Kier molecular flexibility index (Phi) is 5.83. The number of carbonyl (C=O) groups is 2. The van der Waals surface area contributed by atoms with E-state index in [4.69, 9.17) is 21.1 Å². The molecule has 5 nitrogen and oxygen atoms in total. The highest BCUT2D eigenvalue weighted by molar-refractivity contribution is 8.01. The van der Waals surface area contributed by atoms with E-state index in [9.17, 15) is 9.59 Å². The van der Waals surface area contributed by atoms with E-state index in [1.54, 1.807) is 18.2 Å². The van der Waals surface area contributed by atoms with Crippen molar-refractivity contribution in [1.82, 2.24) is 0 Å². The molecule has 2 aromatic rings. The van der Waals surface area contributed by atoms with Crippen LogP contribution < -0.4 is 10.1 Å². The summed E-state index contributed by atoms with van der Waals surface area (Å²) in [5, 5.41) is 2.81. The summed E-state index contributed by atoms with van der Waals surface area (Å²) in [7, 11) is 0. The van der Waals surface area contributed by atoms with Gasteiger partial charge >= 0.3 is 5.97 Å². The molecule has 0 saturated heterocycles. The van der Waals surface area contributed by atoms with Gasteiger partial charge in [0, 0.05) is 4.90 Å². The van der Waals surface area contributed by atoms with Gasteiger partial charge in [-0.1, -0.05) is 35.9 Å². The standard InChI is InChI=1S/C18H16ClNO4S/c19-12-5-1-3-7-14(12)23-9-10-24-17(21)11-16-18(22)20-13-6-2-4-8-15(13)25-16/h1-8,16H,9-11H2,(H,20,22)/t16-/m0/s1. The second-order valence-electron chi connectivity index (χ2n) is 5.30. The SMILES string of the molecule is O=C(C[C@@H]1Sc2ccccc2NC1=O)OCCOc1ccccc1Cl. The van der Waals surface area contributed by atoms with Gasteiger partial charge in [0.1, 0.15) is 19.0 Å². The van der Waals surface area contributed by atoms with E-state index in [1.807, 2.05) is 30.3 Å². The third-order valence-corrected chi connectivity index (χ3v) is 5.09. The summed E-state index contributed by atoms with van der Waals surface area (Å²) in [5.74, 6) is -0.0817. The first-order valence-electron chi connectivity index (χ1n) is 7.73. The predicted octanol–water partition coefficient (Wildman–Crippen LogP) is 3.77. The van der Waals surface area contributed by atoms with Gasteiger partial charge < -0.3 is 14.8 Å². The van der Waals surface area contributed by atoms with E-state index in [0.717, 1.165) is 10.6 Å². The molecule has 7 heteroatoms. The van der Waals surface area contributed by atoms with Gasteiger partial charge in [0.25, 0.3) is 0 Å². The first-order valence-corrected chi connectivity index (χ1v) is 8.99. The Labute approximate surface area is 154 Å². The van der Waals surface area contributed by atoms with Crippen molar-refractivity contribution in [2.45, 2.75) is 16.6 Å². The van der Waals surface area contributed by atoms with Crippen molar-refractivity contribution in [2.24, 2.45) is 0 Å². The number of hydrogen-bond donors (Lipinski definition) is 1. The van der Waals surface area contributed by atoms with Crippen LogP contribution in [0.1, 0.15) is 6.42 Å². The van der Waals surface area contributed by atoms with E-state index in [-0.39, 0.29) is 25.5 Å². The van der Waals surface area contributed by atoms with Gasteiger partial charge in [-0.2, -0.15) is 0 Å². The van der Waals surface area contributed by atoms with Crippen LogP contribution in [0, 0.1) is 0 Å². The van der Waals surface area contributed by atoms with Crippen molar-refractivity contribution >= 4 is 40.9 Å². The summed E-state index contributed by atoms with van der Waals surface area (Å²) in [6.45, 7) is 0.294. The van der Waals surface area contributed by atoms with Crippen LogP contribution in [0.3, 0.4) is 0 Å². The number of anilines is 1. The molecule has 0 unspecified atom stereocenters. The number of amides is 1. The van der Waals surface area contributed by atoms with Gasteiger partial charge in [-0.25, -0.2) is 0 Å². The number of fused-ring (bicyclic) bond motifs is 1. The molecule has 0 saturated carbocycles. The second-order valence-corrected chi connectivity index (χ2v) is 6.95. The maximum absolute atomic E-state index is 12.1. The number of nitrogens with one attached hydrogen (secondary N) is 1. The fraction of sp³-hybridized carbons (Fsp3) is 0.222. The molecule has 130 valence electrons. The van der Waals surface area contributed by atoms with Crippen LogP contribution in [0.4, 0.5) is 5.69 Å². The molecule has 3 rings (SSSR count). The summed E-state index contributed by atoms with van der Waals surface area (Å²) in [5.41, 5.74) is 0.773. The molecule has 1 atom stereocenters. The molecule has 0 spiro atoms. The Morgan fingerprint density at radius 1 is 1.12 bits per heavy atom. The number of esters is 1. The Morgan fingerprint density at radius 3 is 2.72 bits per heavy atom. The Morgan fingerprint density at radius 2 is 1.88 bits per heavy atom. The van der Waals surface area contributed by atoms with Crippen LogP contribution >= 0.6 is 23.4 Å². The number of para-hydroxylation sites is 2. The van der Waals surface area contributed by atoms with Gasteiger partial charge in [0.2, 0.25) is 5.91 Å². The van der Waals surface area contributed by atoms with Gasteiger partial charge in [-0.15, -0.1) is 11.8 Å². The number of ether oxygens (including phenoxy) is 2. The van der Waals surface area contributed by atoms with Gasteiger partial charge in [-0.05, 0) is 24.3 Å². The van der Waals surface area contributed by atoms with Gasteiger partial charge in [0.05, 0.1) is 22.4 Å². The van der Waals surface area contributed by atoms with E-state index in [0.29, 0.717) is 10.8 Å². The summed E-state index contributed by atoms with van der Waals surface area (Å²) >= 11 is 7.34. The lowest BCUT2D eigenvalue weighted by molar-refractivity contribution is -0.145. The van der Waals surface area contributed by atoms with E-state index < -0.39 is 11.2 Å². The predicted molar refractivity (Wildman–Crippen MR) is 97.2 cm³/mol. The molecule has 1 N–H and O–H groups in total. The van der Waals surface area contributed by atoms with Crippen LogP contribution in [0.15, 0.2) is 53.4 Å². The quantitative estimate of drug-likeness (QED) is 0.613. The summed E-state index contributed by atoms with van der Waals surface area (Å²) in [6.07, 6.45) is 0.0108. The fourth-order valence-electron chi connectivity index (χ4n) is 2.31. The number of rotatable bonds is 6. The van der Waals surface area contributed by atoms with Crippen LogP contribution in [0.2, 0.25) is 5.02 Å². The lowest BCUT2D eigenvalue weighted by Gasteiger charge is -2.23. The fourth-order valence-corrected chi connectivity index (χ4v) is 3.59. The molecule has 1 amide bonds. The highest BCUT2D eigenvalue weighted by atomic mass is 35.5. The number of hydrogen-bond acceptors (Lipinski definition) is 5. The van der Waals surface area contributed by atoms with Crippen molar-refractivity contribution in [3.8, 4) is 5.75 Å². The average molecular weight is 378 g/mol. The first-order chi connectivity index (χ1) is 12.1. The minimum Gasteiger partial charge on any atom is -0.488 e. The number of benzene rings is 2. The molecule has 2 aromatic carbocycles. The van der Waals surface area contributed by atoms with Gasteiger partial charge in [-0.3, -0.25) is 9.59 Å².